The molecule has 0 bridgehead atoms. The van der Waals surface area contributed by atoms with Crippen molar-refractivity contribution in [1.82, 2.24) is 0 Å². The molecule has 2 atom stereocenters. The predicted molar refractivity (Wildman–Crippen MR) is 104 cm³/mol. The number of sulfone groups is 1. The number of carbonyl (C=O) groups is 2. The molecule has 1 aromatic rings. The quantitative estimate of drug-likeness (QED) is 0.733. The van der Waals surface area contributed by atoms with Gasteiger partial charge in [-0.25, -0.2) is 8.42 Å². The molecule has 140 valence electrons. The summed E-state index contributed by atoms with van der Waals surface area (Å²) in [4.78, 5) is 28.6. The molecule has 0 radical (unpaired) electrons. The minimum Gasteiger partial charge on any atom is -0.481 e. The first-order valence-corrected chi connectivity index (χ1v) is 11.4. The maximum atomic E-state index is 12.0. The Bertz CT molecular complexity index is 900. The van der Waals surface area contributed by atoms with E-state index in [2.05, 4.69) is 20.9 Å². The van der Waals surface area contributed by atoms with Crippen molar-refractivity contribution < 1.29 is 23.1 Å². The number of carboxylic acid groups (broad SMARTS) is 1. The second-order valence-electron chi connectivity index (χ2n) is 6.29. The number of aliphatic imine (C=N–C) groups is 1. The Labute approximate surface area is 163 Å². The van der Waals surface area contributed by atoms with Crippen LogP contribution in [0.4, 0.5) is 5.69 Å². The number of rotatable bonds is 4. The van der Waals surface area contributed by atoms with Gasteiger partial charge in [-0.15, -0.1) is 0 Å². The Kier molecular flexibility index (Phi) is 5.45. The highest BCUT2D eigenvalue weighted by Crippen LogP contribution is 2.41. The average Bonchev–Trinajstić information content (AvgIpc) is 2.99. The van der Waals surface area contributed by atoms with Gasteiger partial charge in [-0.05, 0) is 30.7 Å². The van der Waals surface area contributed by atoms with Gasteiger partial charge in [0.2, 0.25) is 5.91 Å². The summed E-state index contributed by atoms with van der Waals surface area (Å²) < 4.78 is 25.0. The van der Waals surface area contributed by atoms with Gasteiger partial charge in [0.15, 0.2) is 15.0 Å². The van der Waals surface area contributed by atoms with Gasteiger partial charge in [-0.2, -0.15) is 4.99 Å². The maximum Gasteiger partial charge on any atom is 0.303 e. The van der Waals surface area contributed by atoms with Crippen LogP contribution in [0.2, 0.25) is 0 Å². The zero-order valence-electron chi connectivity index (χ0n) is 13.9. The monoisotopic (exact) mass is 460 g/mol. The molecule has 1 N–H and O–H groups in total. The second kappa shape index (κ2) is 7.32. The molecule has 0 saturated carbocycles. The smallest absolute Gasteiger partial charge is 0.303 e. The van der Waals surface area contributed by atoms with Gasteiger partial charge in [0, 0.05) is 21.8 Å². The van der Waals surface area contributed by atoms with E-state index >= 15 is 0 Å². The van der Waals surface area contributed by atoms with Crippen molar-refractivity contribution in [3.05, 3.63) is 28.2 Å². The number of hydrogen-bond acceptors (Lipinski definition) is 5. The van der Waals surface area contributed by atoms with Crippen LogP contribution in [0.1, 0.15) is 18.4 Å². The molecule has 3 rings (SSSR count). The van der Waals surface area contributed by atoms with Crippen molar-refractivity contribution in [1.29, 1.82) is 0 Å². The Hall–Kier alpha value is -1.39. The fourth-order valence-electron chi connectivity index (χ4n) is 3.02. The van der Waals surface area contributed by atoms with E-state index in [1.807, 2.05) is 25.1 Å². The molecule has 0 aromatic heterocycles. The number of benzene rings is 1. The number of nitrogens with zero attached hydrogens (tertiary/aromatic N) is 2. The predicted octanol–water partition coefficient (Wildman–Crippen LogP) is 2.22. The summed E-state index contributed by atoms with van der Waals surface area (Å²) in [5.74, 6) is -1.50. The van der Waals surface area contributed by atoms with Gasteiger partial charge in [0.1, 0.15) is 0 Å². The molecule has 2 aliphatic heterocycles. The topological polar surface area (TPSA) is 104 Å². The number of carboxylic acids is 1. The van der Waals surface area contributed by atoms with Crippen molar-refractivity contribution in [2.24, 2.45) is 4.99 Å². The first-order valence-electron chi connectivity index (χ1n) is 7.92. The fraction of sp³-hybridized carbons (Fsp3) is 0.438. The molecule has 0 unspecified atom stereocenters. The summed E-state index contributed by atoms with van der Waals surface area (Å²) in [7, 11) is -3.13. The van der Waals surface area contributed by atoms with Crippen LogP contribution < -0.4 is 4.90 Å². The maximum absolute atomic E-state index is 12.0. The van der Waals surface area contributed by atoms with Crippen LogP contribution in [0.5, 0.6) is 0 Å². The number of thioether (sulfide) groups is 1. The molecule has 2 saturated heterocycles. The molecule has 1 amide bonds. The van der Waals surface area contributed by atoms with Gasteiger partial charge >= 0.3 is 5.97 Å². The number of halogens is 1. The van der Waals surface area contributed by atoms with Gasteiger partial charge < -0.3 is 10.0 Å². The van der Waals surface area contributed by atoms with Crippen LogP contribution in [0.3, 0.4) is 0 Å². The summed E-state index contributed by atoms with van der Waals surface area (Å²) in [5.41, 5.74) is 1.75. The number of hydrogen-bond donors (Lipinski definition) is 1. The van der Waals surface area contributed by atoms with Gasteiger partial charge in [-0.3, -0.25) is 9.59 Å². The van der Waals surface area contributed by atoms with Crippen LogP contribution in [0.25, 0.3) is 0 Å². The zero-order chi connectivity index (χ0) is 19.1. The minimum atomic E-state index is -3.13. The van der Waals surface area contributed by atoms with Crippen LogP contribution in [0, 0.1) is 6.92 Å². The normalized spacial score (nSPS) is 25.5. The van der Waals surface area contributed by atoms with E-state index in [0.29, 0.717) is 5.17 Å². The number of aliphatic carboxylic acids is 1. The molecule has 2 fully saturated rings. The number of fused-ring (bicyclic) bond motifs is 1. The lowest BCUT2D eigenvalue weighted by molar-refractivity contribution is -0.138. The Morgan fingerprint density at radius 3 is 2.73 bits per heavy atom. The molecule has 2 aliphatic rings. The van der Waals surface area contributed by atoms with E-state index < -0.39 is 21.7 Å². The van der Waals surface area contributed by atoms with E-state index in [1.165, 1.54) is 11.8 Å². The fourth-order valence-corrected chi connectivity index (χ4v) is 7.20. The van der Waals surface area contributed by atoms with Crippen molar-refractivity contribution in [2.75, 3.05) is 16.4 Å². The van der Waals surface area contributed by atoms with Crippen molar-refractivity contribution in [2.45, 2.75) is 31.1 Å². The molecule has 26 heavy (non-hydrogen) atoms. The third kappa shape index (κ3) is 4.12. The highest BCUT2D eigenvalue weighted by molar-refractivity contribution is 9.10. The lowest BCUT2D eigenvalue weighted by atomic mass is 10.1. The summed E-state index contributed by atoms with van der Waals surface area (Å²) in [5, 5.41) is 8.96. The Balaban J connectivity index is 1.94. The van der Waals surface area contributed by atoms with Gasteiger partial charge in [0.05, 0.1) is 24.0 Å². The van der Waals surface area contributed by atoms with Crippen molar-refractivity contribution >= 4 is 60.3 Å². The number of carbonyl (C=O) groups excluding carboxylic acids is 1. The van der Waals surface area contributed by atoms with E-state index in [1.54, 1.807) is 4.90 Å². The van der Waals surface area contributed by atoms with Crippen molar-refractivity contribution in [3.63, 3.8) is 0 Å². The summed E-state index contributed by atoms with van der Waals surface area (Å²) >= 11 is 4.72. The zero-order valence-corrected chi connectivity index (χ0v) is 17.1. The van der Waals surface area contributed by atoms with Crippen LogP contribution >= 0.6 is 27.7 Å². The van der Waals surface area contributed by atoms with Gasteiger partial charge in [0.25, 0.3) is 0 Å². The standard InChI is InChI=1S/C16H17BrN2O5S2/c1-9-6-10(2-3-11(9)17)19-12-7-26(23,24)8-13(12)25-16(19)18-14(20)4-5-15(21)22/h2-3,6,12-13H,4-5,7-8H2,1H3,(H,21,22)/t12-,13-/m1/s1. The van der Waals surface area contributed by atoms with E-state index in [4.69, 9.17) is 5.11 Å². The number of anilines is 1. The molecule has 0 spiro atoms. The average molecular weight is 461 g/mol. The number of amides is 1. The third-order valence-corrected chi connectivity index (χ3v) is 8.36. The lowest BCUT2D eigenvalue weighted by Gasteiger charge is -2.25. The summed E-state index contributed by atoms with van der Waals surface area (Å²) in [6.07, 6.45) is -0.459. The largest absolute Gasteiger partial charge is 0.481 e. The molecule has 10 heteroatoms. The second-order valence-corrected chi connectivity index (χ2v) is 10.5. The summed E-state index contributed by atoms with van der Waals surface area (Å²) in [6, 6.07) is 5.35. The van der Waals surface area contributed by atoms with Crippen LogP contribution in [-0.2, 0) is 19.4 Å². The van der Waals surface area contributed by atoms with E-state index in [0.717, 1.165) is 15.7 Å². The van der Waals surface area contributed by atoms with E-state index in [-0.39, 0.29) is 35.6 Å². The summed E-state index contributed by atoms with van der Waals surface area (Å²) in [6.45, 7) is 1.93. The molecule has 2 heterocycles. The Morgan fingerprint density at radius 1 is 1.35 bits per heavy atom. The molecular weight excluding hydrogens is 444 g/mol. The first-order chi connectivity index (χ1) is 12.2. The van der Waals surface area contributed by atoms with Crippen LogP contribution in [0.15, 0.2) is 27.7 Å². The number of amidine groups is 1. The lowest BCUT2D eigenvalue weighted by Crippen LogP contribution is -2.37. The molecule has 7 nitrogen and oxygen atoms in total. The Morgan fingerprint density at radius 2 is 2.08 bits per heavy atom. The highest BCUT2D eigenvalue weighted by Gasteiger charge is 2.49. The van der Waals surface area contributed by atoms with E-state index in [9.17, 15) is 18.0 Å². The molecular formula is C16H17BrN2O5S2. The van der Waals surface area contributed by atoms with Gasteiger partial charge in [-0.1, -0.05) is 27.7 Å². The molecule has 1 aromatic carbocycles. The SMILES string of the molecule is Cc1cc(N2C(=NC(=O)CCC(=O)O)S[C@@H]3CS(=O)(=O)C[C@H]32)ccc1Br. The minimum absolute atomic E-state index is 0.0160. The first kappa shape index (κ1) is 19.4. The highest BCUT2D eigenvalue weighted by atomic mass is 79.9. The number of aryl methyl sites for hydroxylation is 1. The molecule has 0 aliphatic carbocycles. The van der Waals surface area contributed by atoms with Crippen molar-refractivity contribution in [3.8, 4) is 0 Å². The van der Waals surface area contributed by atoms with Crippen LogP contribution in [-0.4, -0.2) is 53.4 Å². The third-order valence-electron chi connectivity index (χ3n) is 4.26.